The van der Waals surface area contributed by atoms with Crippen LogP contribution in [0.15, 0.2) is 89.6 Å². The Morgan fingerprint density at radius 1 is 0.950 bits per heavy atom. The van der Waals surface area contributed by atoms with Crippen LogP contribution in [0.4, 0.5) is 17.2 Å². The summed E-state index contributed by atoms with van der Waals surface area (Å²) in [4.78, 5) is 8.89. The van der Waals surface area contributed by atoms with E-state index in [-0.39, 0.29) is 18.4 Å². The van der Waals surface area contributed by atoms with Gasteiger partial charge in [-0.15, -0.1) is 10.2 Å². The summed E-state index contributed by atoms with van der Waals surface area (Å²) in [6, 6.07) is 22.2. The third-order valence-electron chi connectivity index (χ3n) is 6.80. The van der Waals surface area contributed by atoms with Crippen LogP contribution in [0.25, 0.3) is 23.0 Å². The van der Waals surface area contributed by atoms with Crippen molar-refractivity contribution in [2.45, 2.75) is 25.5 Å². The molecule has 0 fully saturated rings. The summed E-state index contributed by atoms with van der Waals surface area (Å²) >= 11 is 0. The Bertz CT molecular complexity index is 1630. The second-order valence-corrected chi connectivity index (χ2v) is 9.94. The van der Waals surface area contributed by atoms with Gasteiger partial charge >= 0.3 is 7.12 Å². The van der Waals surface area contributed by atoms with Crippen molar-refractivity contribution in [1.82, 2.24) is 20.2 Å². The molecule has 6 rings (SSSR count). The maximum Gasteiger partial charge on any atom is 0.492 e. The lowest BCUT2D eigenvalue weighted by atomic mass is 9.78. The number of nitrogens with one attached hydrogen (secondary N) is 2. The molecule has 3 aromatic heterocycles. The Hall–Kier alpha value is -4.58. The fourth-order valence-corrected chi connectivity index (χ4v) is 4.77. The Labute approximate surface area is 231 Å². The fourth-order valence-electron chi connectivity index (χ4n) is 4.77. The molecule has 0 spiro atoms. The highest BCUT2D eigenvalue weighted by Crippen LogP contribution is 2.35. The molecule has 0 amide bonds. The average molecular weight is 534 g/mol. The van der Waals surface area contributed by atoms with Crippen LogP contribution < -0.4 is 16.1 Å². The minimum atomic E-state index is -0.953. The quantitative estimate of drug-likeness (QED) is 0.216. The molecular weight excluding hydrogens is 507 g/mol. The molecule has 1 atom stereocenters. The number of hydrogen-bond donors (Lipinski definition) is 4. The number of rotatable bonds is 8. The van der Waals surface area contributed by atoms with Crippen molar-refractivity contribution < 1.29 is 19.2 Å². The van der Waals surface area contributed by atoms with E-state index in [1.807, 2.05) is 80.6 Å². The predicted octanol–water partition coefficient (Wildman–Crippen LogP) is 4.04. The van der Waals surface area contributed by atoms with E-state index >= 15 is 0 Å². The van der Waals surface area contributed by atoms with Crippen LogP contribution >= 0.6 is 0 Å². The molecule has 1 aliphatic rings. The topological polar surface area (TPSA) is 138 Å². The molecule has 5 aromatic rings. The molecule has 0 radical (unpaired) electrons. The SMILES string of the molecule is CC1(C)OB(O)c2ccc(Nc3cc(N[C@H](CO)c4ccccc4)c(-c4nnc(-c5ccccn5)o4)cn3)cc21. The highest BCUT2D eigenvalue weighted by atomic mass is 16.5. The van der Waals surface area contributed by atoms with Crippen LogP contribution in [0.2, 0.25) is 0 Å². The smallest absolute Gasteiger partial charge is 0.423 e. The zero-order valence-electron chi connectivity index (χ0n) is 21.9. The normalized spacial score (nSPS) is 14.6. The Morgan fingerprint density at radius 3 is 2.52 bits per heavy atom. The summed E-state index contributed by atoms with van der Waals surface area (Å²) in [6.45, 7) is 3.70. The number of aliphatic hydroxyl groups is 1. The highest BCUT2D eigenvalue weighted by Gasteiger charge is 2.40. The second-order valence-electron chi connectivity index (χ2n) is 9.94. The molecule has 0 aliphatic carbocycles. The summed E-state index contributed by atoms with van der Waals surface area (Å²) in [5.41, 5.74) is 4.50. The van der Waals surface area contributed by atoms with Crippen molar-refractivity contribution in [3.8, 4) is 23.0 Å². The van der Waals surface area contributed by atoms with E-state index < -0.39 is 18.8 Å². The number of aliphatic hydroxyl groups excluding tert-OH is 1. The van der Waals surface area contributed by atoms with Crippen LogP contribution in [0.3, 0.4) is 0 Å². The van der Waals surface area contributed by atoms with E-state index in [0.717, 1.165) is 22.3 Å². The first-order valence-electron chi connectivity index (χ1n) is 12.9. The zero-order valence-corrected chi connectivity index (χ0v) is 21.9. The van der Waals surface area contributed by atoms with E-state index in [9.17, 15) is 10.1 Å². The van der Waals surface area contributed by atoms with Gasteiger partial charge in [-0.1, -0.05) is 42.5 Å². The molecule has 0 saturated heterocycles. The summed E-state index contributed by atoms with van der Waals surface area (Å²) < 4.78 is 11.7. The lowest BCUT2D eigenvalue weighted by molar-refractivity contribution is 0.101. The number of benzene rings is 2. The van der Waals surface area contributed by atoms with Gasteiger partial charge in [0.05, 0.1) is 29.5 Å². The monoisotopic (exact) mass is 534 g/mol. The standard InChI is InChI=1S/C29H27BN6O4/c1-29(2)21-14-19(11-12-22(21)30(38)40-29)33-26-15-24(34-25(17-37)18-8-4-3-5-9-18)20(16-32-26)27-35-36-28(39-27)23-10-6-7-13-31-23/h3-16,25,37-38H,17H2,1-2H3,(H2,32,33,34)/t25-/m1/s1. The third-order valence-corrected chi connectivity index (χ3v) is 6.80. The van der Waals surface area contributed by atoms with Crippen molar-refractivity contribution in [3.63, 3.8) is 0 Å². The van der Waals surface area contributed by atoms with Gasteiger partial charge in [0.1, 0.15) is 11.5 Å². The van der Waals surface area contributed by atoms with Gasteiger partial charge in [0.25, 0.3) is 11.8 Å². The molecular formula is C29H27BN6O4. The first-order valence-corrected chi connectivity index (χ1v) is 12.9. The first kappa shape index (κ1) is 25.7. The number of aromatic nitrogens is 4. The van der Waals surface area contributed by atoms with Gasteiger partial charge < -0.3 is 29.8 Å². The Balaban J connectivity index is 1.36. The van der Waals surface area contributed by atoms with Gasteiger partial charge in [-0.3, -0.25) is 4.98 Å². The number of pyridine rings is 2. The average Bonchev–Trinajstić information content (AvgIpc) is 3.55. The van der Waals surface area contributed by atoms with Crippen LogP contribution in [-0.4, -0.2) is 44.0 Å². The molecule has 10 nitrogen and oxygen atoms in total. The van der Waals surface area contributed by atoms with Crippen LogP contribution in [-0.2, 0) is 10.3 Å². The number of hydrogen-bond acceptors (Lipinski definition) is 10. The molecule has 1 aliphatic heterocycles. The summed E-state index contributed by atoms with van der Waals surface area (Å²) in [6.07, 6.45) is 3.30. The molecule has 0 bridgehead atoms. The Kier molecular flexibility index (Phi) is 6.77. The minimum Gasteiger partial charge on any atom is -0.423 e. The maximum absolute atomic E-state index is 10.2. The largest absolute Gasteiger partial charge is 0.492 e. The van der Waals surface area contributed by atoms with Gasteiger partial charge in [0.2, 0.25) is 0 Å². The van der Waals surface area contributed by atoms with E-state index in [1.54, 1.807) is 18.5 Å². The van der Waals surface area contributed by atoms with E-state index in [0.29, 0.717) is 22.8 Å². The van der Waals surface area contributed by atoms with Gasteiger partial charge in [0.15, 0.2) is 0 Å². The lowest BCUT2D eigenvalue weighted by Gasteiger charge is -2.21. The molecule has 4 heterocycles. The number of nitrogens with zero attached hydrogens (tertiary/aromatic N) is 4. The van der Waals surface area contributed by atoms with Gasteiger partial charge in [-0.25, -0.2) is 4.98 Å². The molecule has 0 saturated carbocycles. The molecule has 0 unspecified atom stereocenters. The Morgan fingerprint density at radius 2 is 1.75 bits per heavy atom. The summed E-state index contributed by atoms with van der Waals surface area (Å²) in [5, 5.41) is 35.7. The van der Waals surface area contributed by atoms with Crippen LogP contribution in [0.1, 0.15) is 31.0 Å². The first-order chi connectivity index (χ1) is 19.4. The van der Waals surface area contributed by atoms with E-state index in [1.165, 1.54) is 0 Å². The minimum absolute atomic E-state index is 0.139. The second kappa shape index (κ2) is 10.5. The van der Waals surface area contributed by atoms with Crippen molar-refractivity contribution >= 4 is 29.8 Å². The molecule has 11 heteroatoms. The fraction of sp³-hybridized carbons (Fsp3) is 0.172. The molecule has 4 N–H and O–H groups in total. The number of anilines is 3. The highest BCUT2D eigenvalue weighted by molar-refractivity contribution is 6.62. The van der Waals surface area contributed by atoms with Crippen LogP contribution in [0.5, 0.6) is 0 Å². The third kappa shape index (κ3) is 5.05. The van der Waals surface area contributed by atoms with Crippen molar-refractivity contribution in [1.29, 1.82) is 0 Å². The van der Waals surface area contributed by atoms with Gasteiger partial charge in [0, 0.05) is 24.1 Å². The zero-order chi connectivity index (χ0) is 27.7. The van der Waals surface area contributed by atoms with Crippen molar-refractivity contribution in [2.24, 2.45) is 0 Å². The van der Waals surface area contributed by atoms with Crippen molar-refractivity contribution in [2.75, 3.05) is 17.2 Å². The predicted molar refractivity (Wildman–Crippen MR) is 152 cm³/mol. The van der Waals surface area contributed by atoms with Crippen LogP contribution in [0, 0.1) is 0 Å². The lowest BCUT2D eigenvalue weighted by Crippen LogP contribution is -2.28. The van der Waals surface area contributed by atoms with Gasteiger partial charge in [-0.05, 0) is 54.7 Å². The maximum atomic E-state index is 10.2. The molecule has 200 valence electrons. The summed E-state index contributed by atoms with van der Waals surface area (Å²) in [7, 11) is -0.953. The molecule has 2 aromatic carbocycles. The van der Waals surface area contributed by atoms with E-state index in [2.05, 4.69) is 30.8 Å². The molecule has 40 heavy (non-hydrogen) atoms. The van der Waals surface area contributed by atoms with Gasteiger partial charge in [-0.2, -0.15) is 0 Å². The summed E-state index contributed by atoms with van der Waals surface area (Å²) in [5.74, 6) is 1.10. The van der Waals surface area contributed by atoms with E-state index in [4.69, 9.17) is 9.07 Å². The van der Waals surface area contributed by atoms with Crippen molar-refractivity contribution in [3.05, 3.63) is 96.3 Å². The number of fused-ring (bicyclic) bond motifs is 1.